The van der Waals surface area contributed by atoms with Crippen LogP contribution in [-0.2, 0) is 14.3 Å². The molecule has 3 unspecified atom stereocenters. The van der Waals surface area contributed by atoms with Crippen LogP contribution in [0.15, 0.2) is 40.6 Å². The summed E-state index contributed by atoms with van der Waals surface area (Å²) in [5.41, 5.74) is 1.66. The number of hydrogen-bond acceptors (Lipinski definition) is 5. The van der Waals surface area contributed by atoms with Crippen LogP contribution in [0.4, 0.5) is 0 Å². The van der Waals surface area contributed by atoms with Gasteiger partial charge in [0.15, 0.2) is 0 Å². The van der Waals surface area contributed by atoms with E-state index in [1.165, 1.54) is 31.3 Å². The lowest BCUT2D eigenvalue weighted by Crippen LogP contribution is -2.40. The normalized spacial score (nSPS) is 14.6. The van der Waals surface area contributed by atoms with E-state index in [1.54, 1.807) is 6.21 Å². The first-order valence-corrected chi connectivity index (χ1v) is 15.6. The predicted octanol–water partition coefficient (Wildman–Crippen LogP) is 9.84. The maximum atomic E-state index is 12.6. The fourth-order valence-electron chi connectivity index (χ4n) is 4.42. The largest absolute Gasteiger partial charge is 0.468 e. The van der Waals surface area contributed by atoms with E-state index in [0.717, 1.165) is 37.8 Å². The summed E-state index contributed by atoms with van der Waals surface area (Å²) < 4.78 is 4.67. The van der Waals surface area contributed by atoms with Gasteiger partial charge in [-0.3, -0.25) is 14.6 Å². The van der Waals surface area contributed by atoms with Gasteiger partial charge < -0.3 is 9.84 Å². The molecule has 0 rings (SSSR count). The van der Waals surface area contributed by atoms with Crippen molar-refractivity contribution in [3.8, 4) is 0 Å². The molecular formula is C35H65NO4. The molecule has 0 aromatic carbocycles. The van der Waals surface area contributed by atoms with E-state index < -0.39 is 11.5 Å². The van der Waals surface area contributed by atoms with Gasteiger partial charge in [-0.1, -0.05) is 104 Å². The first-order valence-electron chi connectivity index (χ1n) is 15.6. The lowest BCUT2D eigenvalue weighted by Gasteiger charge is -2.31. The second-order valence-corrected chi connectivity index (χ2v) is 11.3. The second-order valence-electron chi connectivity index (χ2n) is 11.3. The molecule has 0 aliphatic heterocycles. The lowest BCUT2D eigenvalue weighted by molar-refractivity contribution is -0.137. The molecular weight excluding hydrogens is 498 g/mol. The average Bonchev–Trinajstić information content (AvgIpc) is 2.93. The lowest BCUT2D eigenvalue weighted by atomic mass is 9.74. The van der Waals surface area contributed by atoms with Crippen LogP contribution in [0.1, 0.15) is 140 Å². The first-order chi connectivity index (χ1) is 18.9. The highest BCUT2D eigenvalue weighted by molar-refractivity contribution is 5.86. The molecule has 0 fully saturated rings. The van der Waals surface area contributed by atoms with Gasteiger partial charge in [0, 0.05) is 17.5 Å². The highest BCUT2D eigenvalue weighted by Crippen LogP contribution is 2.31. The van der Waals surface area contributed by atoms with Crippen LogP contribution in [0.5, 0.6) is 0 Å². The molecule has 0 saturated carbocycles. The van der Waals surface area contributed by atoms with E-state index in [2.05, 4.69) is 43.5 Å². The van der Waals surface area contributed by atoms with Gasteiger partial charge in [-0.2, -0.15) is 0 Å². The van der Waals surface area contributed by atoms with Crippen LogP contribution < -0.4 is 0 Å². The van der Waals surface area contributed by atoms with E-state index >= 15 is 0 Å². The van der Waals surface area contributed by atoms with E-state index in [0.29, 0.717) is 25.4 Å². The van der Waals surface area contributed by atoms with Gasteiger partial charge in [-0.05, 0) is 71.8 Å². The molecule has 0 aromatic heterocycles. The monoisotopic (exact) mass is 563 g/mol. The van der Waals surface area contributed by atoms with Crippen molar-refractivity contribution in [1.82, 2.24) is 0 Å². The number of carbonyl (C=O) groups is 2. The molecule has 0 aliphatic rings. The Balaban J connectivity index is -0.000000742. The van der Waals surface area contributed by atoms with Gasteiger partial charge in [0.25, 0.3) is 6.47 Å². The molecule has 0 radical (unpaired) electrons. The predicted molar refractivity (Wildman–Crippen MR) is 175 cm³/mol. The number of ketones is 1. The standard InChI is InChI=1S/C21H38O4.C8H13N.C6H14/c1-7-19(23)21(5,6)20(24)18(4)14-17(3)11-8-10-16(2)12-9-13-25-15-22;1-4-7-8(5-2)9-6-3;1-3-5-6-4-2/h12,15,17-19,23H,7-11,13-14H2,1-6H3;4-7H,1-3H3;3-6H2,1-2H3/b16-12-;7-4-,8-5-,9-6?;. The Hall–Kier alpha value is -2.01. The number of aliphatic hydroxyl groups is 1. The molecule has 0 saturated heterocycles. The van der Waals surface area contributed by atoms with Crippen LogP contribution in [0, 0.1) is 17.3 Å². The number of aliphatic hydroxyl groups excluding tert-OH is 1. The number of Topliss-reactive ketones (excluding diaryl/α,β-unsaturated/α-hetero) is 1. The molecule has 3 atom stereocenters. The summed E-state index contributed by atoms with van der Waals surface area (Å²) in [5, 5.41) is 10.1. The quantitative estimate of drug-likeness (QED) is 0.0558. The van der Waals surface area contributed by atoms with Crippen molar-refractivity contribution in [1.29, 1.82) is 0 Å². The number of rotatable bonds is 19. The van der Waals surface area contributed by atoms with Gasteiger partial charge in [-0.25, -0.2) is 0 Å². The van der Waals surface area contributed by atoms with E-state index in [-0.39, 0.29) is 11.7 Å². The third-order valence-corrected chi connectivity index (χ3v) is 6.99. The Kier molecular flexibility index (Phi) is 30.3. The highest BCUT2D eigenvalue weighted by atomic mass is 16.5. The van der Waals surface area contributed by atoms with Crippen molar-refractivity contribution in [3.63, 3.8) is 0 Å². The zero-order valence-electron chi connectivity index (χ0n) is 28.1. The molecule has 0 aromatic rings. The third kappa shape index (κ3) is 23.8. The average molecular weight is 564 g/mol. The molecule has 234 valence electrons. The Bertz CT molecular complexity index is 716. The molecule has 0 aliphatic carbocycles. The number of aliphatic imine (C=N–C) groups is 1. The zero-order chi connectivity index (χ0) is 31.4. The number of hydrogen-bond donors (Lipinski definition) is 1. The molecule has 5 heteroatoms. The molecule has 0 bridgehead atoms. The molecule has 0 heterocycles. The number of ether oxygens (including phenoxy) is 1. The Labute approximate surface area is 248 Å². The number of nitrogens with zero attached hydrogens (tertiary/aromatic N) is 1. The van der Waals surface area contributed by atoms with Crippen molar-refractivity contribution < 1.29 is 19.4 Å². The maximum absolute atomic E-state index is 12.6. The van der Waals surface area contributed by atoms with Crippen molar-refractivity contribution in [2.45, 2.75) is 146 Å². The SMILES string of the molecule is CC=NC(/C=C\C)=C\C.CCC(O)C(C)(C)C(=O)C(C)CC(C)CCC/C(C)=C\CCOC=O.CCCCCC. The van der Waals surface area contributed by atoms with Crippen molar-refractivity contribution in [3.05, 3.63) is 35.6 Å². The summed E-state index contributed by atoms with van der Waals surface area (Å²) in [5.74, 6) is 0.628. The van der Waals surface area contributed by atoms with Gasteiger partial charge in [0.2, 0.25) is 0 Å². The highest BCUT2D eigenvalue weighted by Gasteiger charge is 2.37. The minimum Gasteiger partial charge on any atom is -0.468 e. The van der Waals surface area contributed by atoms with Crippen LogP contribution >= 0.6 is 0 Å². The van der Waals surface area contributed by atoms with E-state index in [4.69, 9.17) is 0 Å². The topological polar surface area (TPSA) is 76.0 Å². The number of unbranched alkanes of at least 4 members (excludes halogenated alkanes) is 3. The van der Waals surface area contributed by atoms with Crippen molar-refractivity contribution in [2.75, 3.05) is 6.61 Å². The first kappa shape index (κ1) is 42.5. The van der Waals surface area contributed by atoms with Gasteiger partial charge in [0.05, 0.1) is 18.4 Å². The molecule has 40 heavy (non-hydrogen) atoms. The summed E-state index contributed by atoms with van der Waals surface area (Å²) in [4.78, 5) is 26.8. The summed E-state index contributed by atoms with van der Waals surface area (Å²) in [6.45, 7) is 23.2. The fourth-order valence-corrected chi connectivity index (χ4v) is 4.42. The van der Waals surface area contributed by atoms with Crippen LogP contribution in [-0.4, -0.2) is 36.3 Å². The summed E-state index contributed by atoms with van der Waals surface area (Å²) >= 11 is 0. The Morgan fingerprint density at radius 2 is 1.62 bits per heavy atom. The molecule has 5 nitrogen and oxygen atoms in total. The van der Waals surface area contributed by atoms with Crippen LogP contribution in [0.2, 0.25) is 0 Å². The van der Waals surface area contributed by atoms with Crippen molar-refractivity contribution >= 4 is 18.5 Å². The Morgan fingerprint density at radius 3 is 2.08 bits per heavy atom. The van der Waals surface area contributed by atoms with Gasteiger partial charge in [-0.15, -0.1) is 0 Å². The Morgan fingerprint density at radius 1 is 1.02 bits per heavy atom. The molecule has 0 amide bonds. The molecule has 0 spiro atoms. The third-order valence-electron chi connectivity index (χ3n) is 6.99. The van der Waals surface area contributed by atoms with Crippen LogP contribution in [0.25, 0.3) is 0 Å². The van der Waals surface area contributed by atoms with Gasteiger partial charge in [0.1, 0.15) is 5.78 Å². The van der Waals surface area contributed by atoms with E-state index in [9.17, 15) is 14.7 Å². The number of allylic oxidation sites excluding steroid dienone is 4. The number of carbonyl (C=O) groups excluding carboxylic acids is 2. The minimum absolute atomic E-state index is 0.0247. The zero-order valence-corrected chi connectivity index (χ0v) is 28.1. The molecule has 1 N–H and O–H groups in total. The fraction of sp³-hybridized carbons (Fsp3) is 0.743. The second kappa shape index (κ2) is 28.5. The summed E-state index contributed by atoms with van der Waals surface area (Å²) in [7, 11) is 0. The van der Waals surface area contributed by atoms with E-state index in [1.807, 2.05) is 66.7 Å². The summed E-state index contributed by atoms with van der Waals surface area (Å²) in [6, 6.07) is 0. The summed E-state index contributed by atoms with van der Waals surface area (Å²) in [6.07, 6.45) is 20.2. The smallest absolute Gasteiger partial charge is 0.293 e. The van der Waals surface area contributed by atoms with Crippen molar-refractivity contribution in [2.24, 2.45) is 22.2 Å². The maximum Gasteiger partial charge on any atom is 0.293 e. The minimum atomic E-state index is -0.670. The van der Waals surface area contributed by atoms with Crippen LogP contribution in [0.3, 0.4) is 0 Å². The van der Waals surface area contributed by atoms with Gasteiger partial charge >= 0.3 is 0 Å².